The lowest BCUT2D eigenvalue weighted by molar-refractivity contribution is 0.101. The monoisotopic (exact) mass is 288 g/mol. The van der Waals surface area contributed by atoms with Crippen molar-refractivity contribution in [2.24, 2.45) is 4.99 Å². The fraction of sp³-hybridized carbons (Fsp3) is 0. The first-order valence-corrected chi connectivity index (χ1v) is 6.94. The van der Waals surface area contributed by atoms with Crippen LogP contribution >= 0.6 is 0 Å². The Hall–Kier alpha value is -3.14. The number of aliphatic imine (C=N–C) groups is 1. The fourth-order valence-electron chi connectivity index (χ4n) is 2.80. The first-order valence-electron chi connectivity index (χ1n) is 6.94. The number of hydrogen-bond donors (Lipinski definition) is 1. The topological polar surface area (TPSA) is 54.6 Å². The standard InChI is InChI=1S/C18H12N2O2/c21-17-15-14(11-19-17)18(22)20(13-9-5-2-6-10-13)16(15)12-7-3-1-4-8-12/h1-11,22H. The van der Waals surface area contributed by atoms with E-state index in [1.807, 2.05) is 60.7 Å². The Labute approximate surface area is 127 Å². The van der Waals surface area contributed by atoms with Crippen LogP contribution in [0.25, 0.3) is 16.9 Å². The average Bonchev–Trinajstić information content (AvgIpc) is 3.08. The molecule has 2 heterocycles. The van der Waals surface area contributed by atoms with Crippen LogP contribution in [0.5, 0.6) is 5.88 Å². The molecule has 1 amide bonds. The van der Waals surface area contributed by atoms with Crippen molar-refractivity contribution in [3.8, 4) is 22.8 Å². The van der Waals surface area contributed by atoms with Crippen molar-refractivity contribution in [2.45, 2.75) is 0 Å². The summed E-state index contributed by atoms with van der Waals surface area (Å²) in [5.41, 5.74) is 3.26. The largest absolute Gasteiger partial charge is 0.494 e. The van der Waals surface area contributed by atoms with Gasteiger partial charge in [0.15, 0.2) is 0 Å². The van der Waals surface area contributed by atoms with E-state index in [1.54, 1.807) is 4.57 Å². The van der Waals surface area contributed by atoms with Gasteiger partial charge >= 0.3 is 0 Å². The molecule has 0 spiro atoms. The molecule has 3 aromatic rings. The number of benzene rings is 2. The van der Waals surface area contributed by atoms with E-state index < -0.39 is 0 Å². The predicted molar refractivity (Wildman–Crippen MR) is 84.8 cm³/mol. The second-order valence-electron chi connectivity index (χ2n) is 5.06. The maximum Gasteiger partial charge on any atom is 0.280 e. The summed E-state index contributed by atoms with van der Waals surface area (Å²) in [5, 5.41) is 10.6. The summed E-state index contributed by atoms with van der Waals surface area (Å²) in [7, 11) is 0. The summed E-state index contributed by atoms with van der Waals surface area (Å²) in [5.74, 6) is -0.284. The highest BCUT2D eigenvalue weighted by molar-refractivity contribution is 6.18. The number of nitrogens with zero attached hydrogens (tertiary/aromatic N) is 2. The number of amides is 1. The Morgan fingerprint density at radius 2 is 1.55 bits per heavy atom. The maximum absolute atomic E-state index is 12.1. The van der Waals surface area contributed by atoms with Gasteiger partial charge in [-0.05, 0) is 17.7 Å². The third-order valence-corrected chi connectivity index (χ3v) is 3.77. The predicted octanol–water partition coefficient (Wildman–Crippen LogP) is 3.42. The molecule has 4 nitrogen and oxygen atoms in total. The number of rotatable bonds is 2. The van der Waals surface area contributed by atoms with Crippen molar-refractivity contribution in [1.29, 1.82) is 0 Å². The number of aromatic hydroxyl groups is 1. The molecule has 0 saturated heterocycles. The van der Waals surface area contributed by atoms with Crippen molar-refractivity contribution in [3.63, 3.8) is 0 Å². The van der Waals surface area contributed by atoms with Crippen LogP contribution in [0.15, 0.2) is 65.7 Å². The molecule has 0 aliphatic carbocycles. The summed E-state index contributed by atoms with van der Waals surface area (Å²) in [6.07, 6.45) is 1.43. The van der Waals surface area contributed by atoms with Gasteiger partial charge in [-0.2, -0.15) is 0 Å². The van der Waals surface area contributed by atoms with Crippen LogP contribution in [0, 0.1) is 0 Å². The molecule has 4 rings (SSSR count). The van der Waals surface area contributed by atoms with Gasteiger partial charge in [0.25, 0.3) is 5.91 Å². The molecule has 1 aliphatic heterocycles. The van der Waals surface area contributed by atoms with E-state index in [1.165, 1.54) is 6.21 Å². The highest BCUT2D eigenvalue weighted by Gasteiger charge is 2.30. The highest BCUT2D eigenvalue weighted by Crippen LogP contribution is 2.39. The Morgan fingerprint density at radius 3 is 2.23 bits per heavy atom. The smallest absolute Gasteiger partial charge is 0.280 e. The number of carbonyl (C=O) groups excluding carboxylic acids is 1. The van der Waals surface area contributed by atoms with Gasteiger partial charge in [-0.15, -0.1) is 0 Å². The van der Waals surface area contributed by atoms with Crippen molar-refractivity contribution in [2.75, 3.05) is 0 Å². The van der Waals surface area contributed by atoms with Crippen LogP contribution in [0.4, 0.5) is 0 Å². The van der Waals surface area contributed by atoms with Gasteiger partial charge in [-0.3, -0.25) is 9.36 Å². The summed E-state index contributed by atoms with van der Waals surface area (Å²) < 4.78 is 1.70. The van der Waals surface area contributed by atoms with Gasteiger partial charge < -0.3 is 5.11 Å². The second kappa shape index (κ2) is 4.70. The van der Waals surface area contributed by atoms with Crippen LogP contribution < -0.4 is 0 Å². The number of fused-ring (bicyclic) bond motifs is 1. The van der Waals surface area contributed by atoms with E-state index in [2.05, 4.69) is 4.99 Å². The summed E-state index contributed by atoms with van der Waals surface area (Å²) in [6.45, 7) is 0. The van der Waals surface area contributed by atoms with Crippen molar-refractivity contribution < 1.29 is 9.90 Å². The normalized spacial score (nSPS) is 12.6. The van der Waals surface area contributed by atoms with Crippen molar-refractivity contribution in [3.05, 3.63) is 71.8 Å². The van der Waals surface area contributed by atoms with Gasteiger partial charge in [0.1, 0.15) is 0 Å². The molecule has 1 aliphatic rings. The fourth-order valence-corrected chi connectivity index (χ4v) is 2.80. The lowest BCUT2D eigenvalue weighted by Crippen LogP contribution is -2.00. The molecule has 0 radical (unpaired) electrons. The number of para-hydroxylation sites is 1. The van der Waals surface area contributed by atoms with Gasteiger partial charge in [-0.25, -0.2) is 4.99 Å². The van der Waals surface area contributed by atoms with E-state index in [-0.39, 0.29) is 11.8 Å². The minimum Gasteiger partial charge on any atom is -0.494 e. The molecule has 2 aromatic carbocycles. The molecular weight excluding hydrogens is 276 g/mol. The minimum absolute atomic E-state index is 0.0367. The lowest BCUT2D eigenvalue weighted by Gasteiger charge is -2.11. The molecule has 0 bridgehead atoms. The zero-order chi connectivity index (χ0) is 15.1. The van der Waals surface area contributed by atoms with Gasteiger partial charge in [0, 0.05) is 11.9 Å². The van der Waals surface area contributed by atoms with E-state index in [0.717, 1.165) is 11.3 Å². The molecule has 4 heteroatoms. The zero-order valence-electron chi connectivity index (χ0n) is 11.6. The minimum atomic E-state index is -0.321. The first-order chi connectivity index (χ1) is 10.8. The summed E-state index contributed by atoms with van der Waals surface area (Å²) in [6, 6.07) is 19.0. The second-order valence-corrected chi connectivity index (χ2v) is 5.06. The molecule has 1 aromatic heterocycles. The van der Waals surface area contributed by atoms with E-state index >= 15 is 0 Å². The molecule has 0 atom stereocenters. The average molecular weight is 288 g/mol. The van der Waals surface area contributed by atoms with Gasteiger partial charge in [0.05, 0.1) is 16.8 Å². The lowest BCUT2D eigenvalue weighted by atomic mass is 10.1. The van der Waals surface area contributed by atoms with E-state index in [0.29, 0.717) is 16.8 Å². The SMILES string of the molecule is O=C1N=Cc2c1c(-c1ccccc1)n(-c1ccccc1)c2O. The third kappa shape index (κ3) is 1.71. The zero-order valence-corrected chi connectivity index (χ0v) is 11.6. The number of aromatic nitrogens is 1. The summed E-state index contributed by atoms with van der Waals surface area (Å²) in [4.78, 5) is 15.9. The van der Waals surface area contributed by atoms with Crippen molar-refractivity contribution >= 4 is 12.1 Å². The molecule has 22 heavy (non-hydrogen) atoms. The molecule has 0 saturated carbocycles. The molecule has 106 valence electrons. The van der Waals surface area contributed by atoms with Crippen LogP contribution in [0.2, 0.25) is 0 Å². The van der Waals surface area contributed by atoms with Gasteiger partial charge in [0.2, 0.25) is 5.88 Å². The van der Waals surface area contributed by atoms with E-state index in [9.17, 15) is 9.90 Å². The van der Waals surface area contributed by atoms with Gasteiger partial charge in [-0.1, -0.05) is 48.5 Å². The van der Waals surface area contributed by atoms with Crippen molar-refractivity contribution in [1.82, 2.24) is 4.57 Å². The van der Waals surface area contributed by atoms with Crippen LogP contribution in [0.3, 0.4) is 0 Å². The Balaban J connectivity index is 2.09. The van der Waals surface area contributed by atoms with Crippen LogP contribution in [-0.2, 0) is 0 Å². The molecule has 0 fully saturated rings. The molecule has 1 N–H and O–H groups in total. The van der Waals surface area contributed by atoms with Crippen LogP contribution in [0.1, 0.15) is 15.9 Å². The number of carbonyl (C=O) groups is 1. The molecular formula is C18H12N2O2. The number of hydrogen-bond acceptors (Lipinski definition) is 2. The maximum atomic E-state index is 12.1. The summed E-state index contributed by atoms with van der Waals surface area (Å²) >= 11 is 0. The Kier molecular flexibility index (Phi) is 2.69. The quantitative estimate of drug-likeness (QED) is 0.785. The van der Waals surface area contributed by atoms with Crippen LogP contribution in [-0.4, -0.2) is 21.8 Å². The third-order valence-electron chi connectivity index (χ3n) is 3.77. The van der Waals surface area contributed by atoms with E-state index in [4.69, 9.17) is 0 Å². The highest BCUT2D eigenvalue weighted by atomic mass is 16.3. The molecule has 0 unspecified atom stereocenters. The Morgan fingerprint density at radius 1 is 0.909 bits per heavy atom. The first kappa shape index (κ1) is 12.6. The Bertz CT molecular complexity index is 894.